The molecule has 6 heterocycles. The number of rotatable bonds is 10. The van der Waals surface area contributed by atoms with Crippen molar-refractivity contribution in [2.45, 2.75) is 98.6 Å². The Morgan fingerprint density at radius 1 is 0.755 bits per heavy atom. The van der Waals surface area contributed by atoms with Gasteiger partial charge in [-0.15, -0.1) is 22.7 Å². The number of anilines is 2. The molecule has 3 amide bonds. The van der Waals surface area contributed by atoms with Crippen molar-refractivity contribution in [2.24, 2.45) is 0 Å². The Balaban J connectivity index is 0.000000206. The van der Waals surface area contributed by atoms with Crippen LogP contribution in [0.5, 0.6) is 0 Å². The highest BCUT2D eigenvalue weighted by molar-refractivity contribution is 7.16. The number of carbonyl (C=O) groups is 3. The third-order valence-corrected chi connectivity index (χ3v) is 11.2. The molecule has 2 saturated heterocycles. The SMILES string of the molecule is CC(=O)Nc1ncc(CN2C[C@@H](Cc3ccnc(C)c3)N(C(C)=O)C[C@@H]2C)s1.CC(=O)Nc1ncc(CN2C[C@@H](Cc3ccnc(C)c3)NC[C@@H]2C)s1. The van der Waals surface area contributed by atoms with Crippen molar-refractivity contribution < 1.29 is 14.4 Å². The molecule has 15 heteroatoms. The molecule has 4 atom stereocenters. The molecule has 0 radical (unpaired) electrons. The lowest BCUT2D eigenvalue weighted by Crippen LogP contribution is -2.58. The van der Waals surface area contributed by atoms with Crippen LogP contribution in [0.4, 0.5) is 10.3 Å². The van der Waals surface area contributed by atoms with Crippen LogP contribution >= 0.6 is 22.7 Å². The number of nitrogens with one attached hydrogen (secondary N) is 3. The smallest absolute Gasteiger partial charge is 0.223 e. The molecule has 0 saturated carbocycles. The van der Waals surface area contributed by atoms with Gasteiger partial charge >= 0.3 is 0 Å². The fraction of sp³-hybridized carbons (Fsp3) is 0.500. The van der Waals surface area contributed by atoms with E-state index in [9.17, 15) is 14.4 Å². The number of thiazole rings is 2. The van der Waals surface area contributed by atoms with Gasteiger partial charge in [-0.3, -0.25) is 34.2 Å². The monoisotopic (exact) mass is 760 g/mol. The quantitative estimate of drug-likeness (QED) is 0.208. The summed E-state index contributed by atoms with van der Waals surface area (Å²) in [5.74, 6) is -0.0748. The van der Waals surface area contributed by atoms with Crippen molar-refractivity contribution in [3.63, 3.8) is 0 Å². The molecule has 53 heavy (non-hydrogen) atoms. The summed E-state index contributed by atoms with van der Waals surface area (Å²) in [6.45, 7) is 18.2. The highest BCUT2D eigenvalue weighted by Gasteiger charge is 2.33. The van der Waals surface area contributed by atoms with Gasteiger partial charge in [-0.1, -0.05) is 0 Å². The van der Waals surface area contributed by atoms with E-state index in [1.807, 2.05) is 49.6 Å². The van der Waals surface area contributed by atoms with E-state index >= 15 is 0 Å². The summed E-state index contributed by atoms with van der Waals surface area (Å²) in [6, 6.07) is 9.65. The predicted molar refractivity (Wildman–Crippen MR) is 211 cm³/mol. The molecule has 6 rings (SSSR count). The van der Waals surface area contributed by atoms with E-state index in [-0.39, 0.29) is 29.8 Å². The average molecular weight is 761 g/mol. The number of aryl methyl sites for hydroxylation is 2. The number of aromatic nitrogens is 4. The van der Waals surface area contributed by atoms with E-state index in [4.69, 9.17) is 0 Å². The number of piperazine rings is 2. The molecule has 0 bridgehead atoms. The van der Waals surface area contributed by atoms with Crippen LogP contribution in [-0.4, -0.2) is 103 Å². The van der Waals surface area contributed by atoms with E-state index in [0.29, 0.717) is 28.9 Å². The number of pyridine rings is 2. The standard InChI is InChI=1S/C20H27N5O2S.C18H25N5OS/c1-13-7-17(5-6-21-13)8-18-11-24(14(2)10-25(18)16(4)27)12-19-9-22-20(28-19)23-15(3)26;1-12-6-15(4-5-19-12)7-16-10-23(13(2)8-20-16)11-17-9-21-18(25-17)22-14(3)24/h5-7,9,14,18H,8,10-12H2,1-4H3,(H,22,23,26);4-6,9,13,16,20H,7-8,10-11H2,1-3H3,(H,21,22,24)/t14-,18+;13-,16+/m00/s1. The van der Waals surface area contributed by atoms with Gasteiger partial charge in [0, 0.05) is 130 Å². The fourth-order valence-electron chi connectivity index (χ4n) is 6.83. The van der Waals surface area contributed by atoms with Crippen LogP contribution in [0.3, 0.4) is 0 Å². The molecule has 13 nitrogen and oxygen atoms in total. The van der Waals surface area contributed by atoms with Crippen LogP contribution in [-0.2, 0) is 40.3 Å². The third-order valence-electron chi connectivity index (χ3n) is 9.42. The van der Waals surface area contributed by atoms with Crippen LogP contribution in [0.25, 0.3) is 0 Å². The van der Waals surface area contributed by atoms with Gasteiger partial charge in [0.05, 0.1) is 0 Å². The molecule has 2 aliphatic heterocycles. The van der Waals surface area contributed by atoms with Crippen molar-refractivity contribution in [1.82, 2.24) is 40.0 Å². The molecule has 0 unspecified atom stereocenters. The van der Waals surface area contributed by atoms with Crippen LogP contribution in [0.1, 0.15) is 66.9 Å². The first kappa shape index (κ1) is 40.0. The van der Waals surface area contributed by atoms with Gasteiger partial charge in [-0.2, -0.15) is 0 Å². The summed E-state index contributed by atoms with van der Waals surface area (Å²) in [6.07, 6.45) is 9.22. The fourth-order valence-corrected chi connectivity index (χ4v) is 8.60. The van der Waals surface area contributed by atoms with Crippen LogP contribution in [0.15, 0.2) is 49.1 Å². The molecule has 3 N–H and O–H groups in total. The molecule has 284 valence electrons. The second-order valence-corrected chi connectivity index (χ2v) is 16.4. The van der Waals surface area contributed by atoms with Crippen molar-refractivity contribution in [3.05, 3.63) is 81.3 Å². The molecule has 4 aromatic rings. The summed E-state index contributed by atoms with van der Waals surface area (Å²) in [4.78, 5) is 60.8. The lowest BCUT2D eigenvalue weighted by molar-refractivity contribution is -0.135. The van der Waals surface area contributed by atoms with E-state index in [0.717, 1.165) is 61.8 Å². The molecule has 4 aromatic heterocycles. The summed E-state index contributed by atoms with van der Waals surface area (Å²) >= 11 is 3.05. The van der Waals surface area contributed by atoms with Crippen LogP contribution in [0.2, 0.25) is 0 Å². The zero-order valence-corrected chi connectivity index (χ0v) is 33.4. The maximum atomic E-state index is 12.2. The molecular formula is C38H52N10O3S2. The van der Waals surface area contributed by atoms with Crippen molar-refractivity contribution in [1.29, 1.82) is 0 Å². The number of carbonyl (C=O) groups excluding carboxylic acids is 3. The lowest BCUT2D eigenvalue weighted by atomic mass is 9.99. The average Bonchev–Trinajstić information content (AvgIpc) is 3.72. The van der Waals surface area contributed by atoms with Crippen molar-refractivity contribution >= 4 is 50.7 Å². The van der Waals surface area contributed by atoms with Gasteiger partial charge in [0.15, 0.2) is 10.3 Å². The predicted octanol–water partition coefficient (Wildman–Crippen LogP) is 4.68. The number of hydrogen-bond acceptors (Lipinski definition) is 12. The summed E-state index contributed by atoms with van der Waals surface area (Å²) in [7, 11) is 0. The third kappa shape index (κ3) is 12.2. The second kappa shape index (κ2) is 18.7. The van der Waals surface area contributed by atoms with E-state index in [1.54, 1.807) is 18.3 Å². The minimum absolute atomic E-state index is 0.0795. The lowest BCUT2D eigenvalue weighted by Gasteiger charge is -2.45. The molecule has 0 spiro atoms. The summed E-state index contributed by atoms with van der Waals surface area (Å²) < 4.78 is 0. The Bertz CT molecular complexity index is 1850. The number of nitrogens with zero attached hydrogens (tertiary/aromatic N) is 7. The van der Waals surface area contributed by atoms with Gasteiger partial charge in [0.25, 0.3) is 0 Å². The molecule has 0 aromatic carbocycles. The second-order valence-electron chi connectivity index (χ2n) is 14.1. The summed E-state index contributed by atoms with van der Waals surface area (Å²) in [5.41, 5.74) is 4.57. The Hall–Kier alpha value is -4.15. The Kier molecular flexibility index (Phi) is 14.2. The molecule has 2 aliphatic rings. The van der Waals surface area contributed by atoms with Crippen molar-refractivity contribution in [3.8, 4) is 0 Å². The van der Waals surface area contributed by atoms with E-state index in [1.165, 1.54) is 41.2 Å². The maximum Gasteiger partial charge on any atom is 0.223 e. The Morgan fingerprint density at radius 3 is 1.79 bits per heavy atom. The molecule has 2 fully saturated rings. The first-order valence-corrected chi connectivity index (χ1v) is 19.7. The Labute approximate surface area is 320 Å². The van der Waals surface area contributed by atoms with E-state index < -0.39 is 0 Å². The minimum Gasteiger partial charge on any atom is -0.337 e. The Morgan fingerprint density at radius 2 is 1.28 bits per heavy atom. The highest BCUT2D eigenvalue weighted by atomic mass is 32.1. The van der Waals surface area contributed by atoms with Gasteiger partial charge in [-0.25, -0.2) is 9.97 Å². The zero-order chi connectivity index (χ0) is 38.1. The van der Waals surface area contributed by atoms with Gasteiger partial charge in [0.1, 0.15) is 0 Å². The first-order valence-electron chi connectivity index (χ1n) is 18.1. The molecular weight excluding hydrogens is 709 g/mol. The largest absolute Gasteiger partial charge is 0.337 e. The van der Waals surface area contributed by atoms with Gasteiger partial charge in [-0.05, 0) is 75.9 Å². The zero-order valence-electron chi connectivity index (χ0n) is 31.8. The normalized spacial score (nSPS) is 20.7. The van der Waals surface area contributed by atoms with Gasteiger partial charge < -0.3 is 20.9 Å². The van der Waals surface area contributed by atoms with Gasteiger partial charge in [0.2, 0.25) is 17.7 Å². The minimum atomic E-state index is -0.114. The van der Waals surface area contributed by atoms with Crippen LogP contribution < -0.4 is 16.0 Å². The molecule has 0 aliphatic carbocycles. The first-order chi connectivity index (χ1) is 25.3. The summed E-state index contributed by atoms with van der Waals surface area (Å²) in [5, 5.41) is 10.4. The van der Waals surface area contributed by atoms with E-state index in [2.05, 4.69) is 77.7 Å². The van der Waals surface area contributed by atoms with Crippen LogP contribution in [0, 0.1) is 13.8 Å². The van der Waals surface area contributed by atoms with Crippen molar-refractivity contribution in [2.75, 3.05) is 36.8 Å². The number of amides is 3. The maximum absolute atomic E-state index is 12.2. The highest BCUT2D eigenvalue weighted by Crippen LogP contribution is 2.26. The number of hydrogen-bond donors (Lipinski definition) is 3. The topological polar surface area (TPSA) is 149 Å².